The zero-order valence-corrected chi connectivity index (χ0v) is 15.5. The van der Waals surface area contributed by atoms with Crippen LogP contribution in [0.2, 0.25) is 0 Å². The Labute approximate surface area is 149 Å². The first-order chi connectivity index (χ1) is 11.9. The average molecular weight is 338 g/mol. The molecule has 1 aliphatic rings. The van der Waals surface area contributed by atoms with Gasteiger partial charge in [-0.2, -0.15) is 0 Å². The summed E-state index contributed by atoms with van der Waals surface area (Å²) in [5.74, 6) is 0.769. The highest BCUT2D eigenvalue weighted by Crippen LogP contribution is 2.25. The van der Waals surface area contributed by atoms with Gasteiger partial charge in [-0.1, -0.05) is 17.7 Å². The van der Waals surface area contributed by atoms with Gasteiger partial charge in [0.2, 0.25) is 11.9 Å². The van der Waals surface area contributed by atoms with Crippen LogP contribution in [-0.2, 0) is 4.79 Å². The Morgan fingerprint density at radius 2 is 1.92 bits per heavy atom. The molecular weight excluding hydrogens is 312 g/mol. The van der Waals surface area contributed by atoms with Crippen molar-refractivity contribution in [2.45, 2.75) is 40.5 Å². The van der Waals surface area contributed by atoms with E-state index in [9.17, 15) is 4.79 Å². The second-order valence-corrected chi connectivity index (χ2v) is 7.05. The van der Waals surface area contributed by atoms with Crippen LogP contribution in [-0.4, -0.2) is 29.0 Å². The number of carbonyl (C=O) groups excluding carboxylic acids is 1. The molecule has 1 aliphatic heterocycles. The first-order valence-corrected chi connectivity index (χ1v) is 8.87. The molecule has 132 valence electrons. The van der Waals surface area contributed by atoms with E-state index in [1.165, 1.54) is 5.56 Å². The van der Waals surface area contributed by atoms with Crippen molar-refractivity contribution in [3.63, 3.8) is 0 Å². The molecule has 5 heteroatoms. The lowest BCUT2D eigenvalue weighted by Crippen LogP contribution is -2.41. The van der Waals surface area contributed by atoms with Crippen molar-refractivity contribution in [1.29, 1.82) is 0 Å². The van der Waals surface area contributed by atoms with E-state index in [2.05, 4.69) is 39.2 Å². The molecule has 1 N–H and O–H groups in total. The number of hydrogen-bond acceptors (Lipinski definition) is 4. The molecule has 1 saturated heterocycles. The van der Waals surface area contributed by atoms with Crippen molar-refractivity contribution in [1.82, 2.24) is 9.97 Å². The van der Waals surface area contributed by atoms with Crippen molar-refractivity contribution in [2.75, 3.05) is 23.3 Å². The minimum absolute atomic E-state index is 0.0436. The summed E-state index contributed by atoms with van der Waals surface area (Å²) >= 11 is 0. The Morgan fingerprint density at radius 1 is 1.20 bits per heavy atom. The molecule has 1 aromatic heterocycles. The Kier molecular flexibility index (Phi) is 5.02. The number of nitrogens with zero attached hydrogens (tertiary/aromatic N) is 3. The summed E-state index contributed by atoms with van der Waals surface area (Å²) in [4.78, 5) is 23.8. The van der Waals surface area contributed by atoms with Crippen LogP contribution < -0.4 is 10.2 Å². The normalized spacial score (nSPS) is 17.4. The number of amides is 1. The number of aryl methyl sites for hydroxylation is 4. The monoisotopic (exact) mass is 338 g/mol. The third kappa shape index (κ3) is 3.98. The minimum atomic E-state index is -0.0436. The van der Waals surface area contributed by atoms with Crippen LogP contribution in [0.15, 0.2) is 24.4 Å². The lowest BCUT2D eigenvalue weighted by molar-refractivity contribution is -0.120. The molecule has 0 saturated carbocycles. The van der Waals surface area contributed by atoms with Crippen molar-refractivity contribution in [3.05, 3.63) is 46.8 Å². The molecule has 1 aromatic carbocycles. The number of nitrogens with one attached hydrogen (secondary N) is 1. The van der Waals surface area contributed by atoms with Crippen LogP contribution in [0, 0.1) is 33.6 Å². The second-order valence-electron chi connectivity index (χ2n) is 7.05. The molecule has 1 unspecified atom stereocenters. The molecule has 2 heterocycles. The van der Waals surface area contributed by atoms with Crippen LogP contribution in [0.5, 0.6) is 0 Å². The first-order valence-electron chi connectivity index (χ1n) is 8.87. The maximum Gasteiger partial charge on any atom is 0.229 e. The maximum atomic E-state index is 12.8. The molecule has 2 aromatic rings. The number of hydrogen-bond donors (Lipinski definition) is 1. The molecule has 25 heavy (non-hydrogen) atoms. The molecule has 5 nitrogen and oxygen atoms in total. The number of anilines is 2. The van der Waals surface area contributed by atoms with E-state index in [1.807, 2.05) is 26.8 Å². The third-order valence-electron chi connectivity index (χ3n) is 4.78. The molecular formula is C20H26N4O. The van der Waals surface area contributed by atoms with Crippen LogP contribution >= 0.6 is 0 Å². The van der Waals surface area contributed by atoms with Gasteiger partial charge in [0.25, 0.3) is 0 Å². The summed E-state index contributed by atoms with van der Waals surface area (Å²) in [6.45, 7) is 9.69. The van der Waals surface area contributed by atoms with Crippen molar-refractivity contribution >= 4 is 17.5 Å². The fraction of sp³-hybridized carbons (Fsp3) is 0.450. The minimum Gasteiger partial charge on any atom is -0.340 e. The second kappa shape index (κ2) is 7.21. The van der Waals surface area contributed by atoms with Crippen molar-refractivity contribution < 1.29 is 4.79 Å². The van der Waals surface area contributed by atoms with E-state index < -0.39 is 0 Å². The predicted molar refractivity (Wildman–Crippen MR) is 101 cm³/mol. The molecule has 0 spiro atoms. The number of benzene rings is 1. The highest BCUT2D eigenvalue weighted by Gasteiger charge is 2.27. The zero-order valence-electron chi connectivity index (χ0n) is 15.5. The molecule has 1 fully saturated rings. The molecule has 1 amide bonds. The number of piperidine rings is 1. The predicted octanol–water partition coefficient (Wildman–Crippen LogP) is 3.57. The summed E-state index contributed by atoms with van der Waals surface area (Å²) < 4.78 is 0. The standard InChI is InChI=1S/C20H26N4O/c1-13-10-14(2)18(15(3)11-13)23-19(25)17-6-5-9-24(12-17)20-21-8-7-16(4)22-20/h7-8,10-11,17H,5-6,9,12H2,1-4H3,(H,23,25). The van der Waals surface area contributed by atoms with Gasteiger partial charge in [0.15, 0.2) is 0 Å². The van der Waals surface area contributed by atoms with Gasteiger partial charge in [0.05, 0.1) is 5.92 Å². The lowest BCUT2D eigenvalue weighted by atomic mass is 9.96. The number of carbonyl (C=O) groups is 1. The van der Waals surface area contributed by atoms with Gasteiger partial charge in [0, 0.05) is 30.7 Å². The van der Waals surface area contributed by atoms with E-state index in [-0.39, 0.29) is 11.8 Å². The van der Waals surface area contributed by atoms with E-state index in [0.717, 1.165) is 47.8 Å². The summed E-state index contributed by atoms with van der Waals surface area (Å²) in [7, 11) is 0. The molecule has 1 atom stereocenters. The molecule has 0 bridgehead atoms. The van der Waals surface area contributed by atoms with Gasteiger partial charge in [-0.3, -0.25) is 4.79 Å². The van der Waals surface area contributed by atoms with Crippen LogP contribution in [0.1, 0.15) is 35.2 Å². The topological polar surface area (TPSA) is 58.1 Å². The van der Waals surface area contributed by atoms with Crippen LogP contribution in [0.25, 0.3) is 0 Å². The number of aromatic nitrogens is 2. The van der Waals surface area contributed by atoms with Gasteiger partial charge in [-0.15, -0.1) is 0 Å². The van der Waals surface area contributed by atoms with Crippen molar-refractivity contribution in [2.24, 2.45) is 5.92 Å². The molecule has 0 aliphatic carbocycles. The summed E-state index contributed by atoms with van der Waals surface area (Å²) in [5.41, 5.74) is 5.33. The summed E-state index contributed by atoms with van der Waals surface area (Å²) in [6.07, 6.45) is 3.65. The average Bonchev–Trinajstić information content (AvgIpc) is 2.58. The fourth-order valence-electron chi connectivity index (χ4n) is 3.56. The van der Waals surface area contributed by atoms with E-state index in [4.69, 9.17) is 0 Å². The maximum absolute atomic E-state index is 12.8. The number of rotatable bonds is 3. The van der Waals surface area contributed by atoms with Crippen molar-refractivity contribution in [3.8, 4) is 0 Å². The smallest absolute Gasteiger partial charge is 0.229 e. The van der Waals surface area contributed by atoms with Crippen LogP contribution in [0.4, 0.5) is 11.6 Å². The fourth-order valence-corrected chi connectivity index (χ4v) is 3.56. The third-order valence-corrected chi connectivity index (χ3v) is 4.78. The Morgan fingerprint density at radius 3 is 2.60 bits per heavy atom. The van der Waals surface area contributed by atoms with Gasteiger partial charge in [0.1, 0.15) is 0 Å². The highest BCUT2D eigenvalue weighted by molar-refractivity contribution is 5.94. The Hall–Kier alpha value is -2.43. The molecule has 0 radical (unpaired) electrons. The molecule has 3 rings (SSSR count). The summed E-state index contributed by atoms with van der Waals surface area (Å²) in [5, 5.41) is 3.15. The van der Waals surface area contributed by atoms with E-state index in [0.29, 0.717) is 6.54 Å². The largest absolute Gasteiger partial charge is 0.340 e. The van der Waals surface area contributed by atoms with Gasteiger partial charge < -0.3 is 10.2 Å². The van der Waals surface area contributed by atoms with E-state index in [1.54, 1.807) is 6.20 Å². The highest BCUT2D eigenvalue weighted by atomic mass is 16.1. The first kappa shape index (κ1) is 17.4. The quantitative estimate of drug-likeness (QED) is 0.929. The zero-order chi connectivity index (χ0) is 18.0. The van der Waals surface area contributed by atoms with Gasteiger partial charge in [-0.05, 0) is 57.7 Å². The van der Waals surface area contributed by atoms with Gasteiger partial charge in [-0.25, -0.2) is 9.97 Å². The summed E-state index contributed by atoms with van der Waals surface area (Å²) in [6, 6.07) is 6.10. The lowest BCUT2D eigenvalue weighted by Gasteiger charge is -2.32. The Bertz CT molecular complexity index is 764. The van der Waals surface area contributed by atoms with E-state index >= 15 is 0 Å². The SMILES string of the molecule is Cc1cc(C)c(NC(=O)C2CCCN(c3nccc(C)n3)C2)c(C)c1. The Balaban J connectivity index is 1.72. The van der Waals surface area contributed by atoms with Crippen LogP contribution in [0.3, 0.4) is 0 Å². The van der Waals surface area contributed by atoms with Gasteiger partial charge >= 0.3 is 0 Å².